The number of hydrogen-bond acceptors (Lipinski definition) is 6. The zero-order valence-corrected chi connectivity index (χ0v) is 18.3. The number of aromatic nitrogens is 1. The first kappa shape index (κ1) is 20.9. The first-order chi connectivity index (χ1) is 14.6. The molecule has 0 spiro atoms. The number of fused-ring (bicyclic) bond motifs is 1. The Morgan fingerprint density at radius 2 is 2.00 bits per heavy atom. The van der Waals surface area contributed by atoms with Crippen molar-refractivity contribution >= 4 is 26.7 Å². The highest BCUT2D eigenvalue weighted by Gasteiger charge is 2.24. The van der Waals surface area contributed by atoms with Crippen molar-refractivity contribution < 1.29 is 13.9 Å². The van der Waals surface area contributed by atoms with Crippen LogP contribution in [0.2, 0.25) is 0 Å². The molecule has 2 aromatic carbocycles. The molecule has 0 aliphatic carbocycles. The number of halogens is 1. The van der Waals surface area contributed by atoms with Crippen molar-refractivity contribution in [3.8, 4) is 11.5 Å². The van der Waals surface area contributed by atoms with Crippen LogP contribution in [-0.2, 0) is 0 Å². The van der Waals surface area contributed by atoms with Crippen LogP contribution in [0, 0.1) is 5.82 Å². The fourth-order valence-electron chi connectivity index (χ4n) is 3.89. The van der Waals surface area contributed by atoms with Gasteiger partial charge in [-0.05, 0) is 43.5 Å². The Morgan fingerprint density at radius 3 is 2.77 bits per heavy atom. The molecule has 0 N–H and O–H groups in total. The first-order valence-corrected chi connectivity index (χ1v) is 11.2. The van der Waals surface area contributed by atoms with Gasteiger partial charge in [-0.2, -0.15) is 0 Å². The van der Waals surface area contributed by atoms with Crippen molar-refractivity contribution in [2.24, 2.45) is 0 Å². The number of thiazole rings is 1. The van der Waals surface area contributed by atoms with E-state index in [0.717, 1.165) is 55.3 Å². The summed E-state index contributed by atoms with van der Waals surface area (Å²) >= 11 is 1.74. The fourth-order valence-corrected chi connectivity index (χ4v) is 4.87. The summed E-state index contributed by atoms with van der Waals surface area (Å²) in [6.07, 6.45) is 3.19. The zero-order chi connectivity index (χ0) is 20.9. The first-order valence-electron chi connectivity index (χ1n) is 10.4. The van der Waals surface area contributed by atoms with E-state index in [1.165, 1.54) is 16.8 Å². The number of ether oxygens (including phenoxy) is 2. The standard InChI is InChI=1S/C23H28FN3O2S/c1-26(23-25-21-16-19(28-2)7-8-22(21)30-23)18-9-12-27(13-10-18)11-4-14-29-20-6-3-5-17(24)15-20/h3,5-8,15-16,18H,4,9-14H2,1-2H3. The molecule has 5 nitrogen and oxygen atoms in total. The predicted molar refractivity (Wildman–Crippen MR) is 121 cm³/mol. The molecular weight excluding hydrogens is 401 g/mol. The summed E-state index contributed by atoms with van der Waals surface area (Å²) < 4.78 is 25.3. The summed E-state index contributed by atoms with van der Waals surface area (Å²) in [5, 5.41) is 1.07. The Labute approximate surface area is 181 Å². The van der Waals surface area contributed by atoms with Crippen molar-refractivity contribution in [3.05, 3.63) is 48.3 Å². The third-order valence-corrected chi connectivity index (χ3v) is 6.80. The van der Waals surface area contributed by atoms with Crippen molar-refractivity contribution in [2.75, 3.05) is 45.3 Å². The quantitative estimate of drug-likeness (QED) is 0.480. The van der Waals surface area contributed by atoms with Crippen LogP contribution in [0.5, 0.6) is 11.5 Å². The van der Waals surface area contributed by atoms with E-state index in [2.05, 4.69) is 22.9 Å². The van der Waals surface area contributed by atoms with E-state index in [1.54, 1.807) is 30.6 Å². The zero-order valence-electron chi connectivity index (χ0n) is 17.5. The van der Waals surface area contributed by atoms with Crippen LogP contribution in [0.3, 0.4) is 0 Å². The molecule has 0 amide bonds. The summed E-state index contributed by atoms with van der Waals surface area (Å²) in [6.45, 7) is 3.77. The molecule has 0 bridgehead atoms. The fraction of sp³-hybridized carbons (Fsp3) is 0.435. The van der Waals surface area contributed by atoms with Gasteiger partial charge >= 0.3 is 0 Å². The monoisotopic (exact) mass is 429 g/mol. The lowest BCUT2D eigenvalue weighted by atomic mass is 10.0. The third kappa shape index (κ3) is 5.02. The highest BCUT2D eigenvalue weighted by atomic mass is 32.1. The average Bonchev–Trinajstić information content (AvgIpc) is 3.20. The Kier molecular flexibility index (Phi) is 6.69. The largest absolute Gasteiger partial charge is 0.497 e. The molecule has 0 saturated carbocycles. The van der Waals surface area contributed by atoms with E-state index in [1.807, 2.05) is 12.1 Å². The molecule has 1 saturated heterocycles. The molecule has 0 unspecified atom stereocenters. The van der Waals surface area contributed by atoms with Crippen molar-refractivity contribution in [1.82, 2.24) is 9.88 Å². The predicted octanol–water partition coefficient (Wildman–Crippen LogP) is 4.81. The van der Waals surface area contributed by atoms with Gasteiger partial charge < -0.3 is 19.3 Å². The van der Waals surface area contributed by atoms with Gasteiger partial charge in [0.1, 0.15) is 17.3 Å². The van der Waals surface area contributed by atoms with E-state index in [-0.39, 0.29) is 5.82 Å². The summed E-state index contributed by atoms with van der Waals surface area (Å²) in [5.41, 5.74) is 0.997. The molecule has 160 valence electrons. The number of anilines is 1. The second-order valence-corrected chi connectivity index (χ2v) is 8.68. The van der Waals surface area contributed by atoms with Crippen LogP contribution in [0.25, 0.3) is 10.2 Å². The van der Waals surface area contributed by atoms with Crippen molar-refractivity contribution in [3.63, 3.8) is 0 Å². The van der Waals surface area contributed by atoms with Crippen LogP contribution in [0.4, 0.5) is 9.52 Å². The summed E-state index contributed by atoms with van der Waals surface area (Å²) in [6, 6.07) is 12.9. The van der Waals surface area contributed by atoms with E-state index in [9.17, 15) is 4.39 Å². The molecule has 3 aromatic rings. The maximum atomic E-state index is 13.2. The number of methoxy groups -OCH3 is 1. The highest BCUT2D eigenvalue weighted by Crippen LogP contribution is 2.32. The molecule has 1 aliphatic heterocycles. The summed E-state index contributed by atoms with van der Waals surface area (Å²) in [5.74, 6) is 1.19. The molecule has 7 heteroatoms. The second-order valence-electron chi connectivity index (χ2n) is 7.67. The van der Waals surface area contributed by atoms with Gasteiger partial charge in [-0.3, -0.25) is 0 Å². The number of hydrogen-bond donors (Lipinski definition) is 0. The van der Waals surface area contributed by atoms with Gasteiger partial charge in [-0.1, -0.05) is 17.4 Å². The van der Waals surface area contributed by atoms with E-state index in [4.69, 9.17) is 14.5 Å². The van der Waals surface area contributed by atoms with Gasteiger partial charge in [0.05, 0.1) is 23.9 Å². The second kappa shape index (κ2) is 9.62. The lowest BCUT2D eigenvalue weighted by Gasteiger charge is -2.36. The smallest absolute Gasteiger partial charge is 0.186 e. The van der Waals surface area contributed by atoms with Gasteiger partial charge in [0.25, 0.3) is 0 Å². The SMILES string of the molecule is COc1ccc2sc(N(C)C3CCN(CCCOc4cccc(F)c4)CC3)nc2c1. The Bertz CT molecular complexity index is 972. The minimum Gasteiger partial charge on any atom is -0.497 e. The molecule has 4 rings (SSSR count). The topological polar surface area (TPSA) is 37.8 Å². The maximum Gasteiger partial charge on any atom is 0.186 e. The lowest BCUT2D eigenvalue weighted by Crippen LogP contribution is -2.43. The summed E-state index contributed by atoms with van der Waals surface area (Å²) in [4.78, 5) is 9.64. The Balaban J connectivity index is 1.23. The van der Waals surface area contributed by atoms with Gasteiger partial charge in [0, 0.05) is 44.9 Å². The van der Waals surface area contributed by atoms with Gasteiger partial charge in [0.15, 0.2) is 5.13 Å². The van der Waals surface area contributed by atoms with Gasteiger partial charge in [0.2, 0.25) is 0 Å². The molecule has 0 atom stereocenters. The van der Waals surface area contributed by atoms with Crippen molar-refractivity contribution in [1.29, 1.82) is 0 Å². The highest BCUT2D eigenvalue weighted by molar-refractivity contribution is 7.22. The lowest BCUT2D eigenvalue weighted by molar-refractivity contribution is 0.192. The van der Waals surface area contributed by atoms with Crippen LogP contribution >= 0.6 is 11.3 Å². The van der Waals surface area contributed by atoms with E-state index in [0.29, 0.717) is 18.4 Å². The molecule has 0 radical (unpaired) electrons. The van der Waals surface area contributed by atoms with Crippen LogP contribution in [0.15, 0.2) is 42.5 Å². The number of rotatable bonds is 8. The van der Waals surface area contributed by atoms with E-state index < -0.39 is 0 Å². The molecular formula is C23H28FN3O2S. The molecule has 1 aliphatic rings. The summed E-state index contributed by atoms with van der Waals surface area (Å²) in [7, 11) is 3.84. The molecule has 30 heavy (non-hydrogen) atoms. The van der Waals surface area contributed by atoms with Crippen LogP contribution < -0.4 is 14.4 Å². The Hall–Kier alpha value is -2.38. The Morgan fingerprint density at radius 1 is 1.17 bits per heavy atom. The number of piperidine rings is 1. The number of benzene rings is 2. The van der Waals surface area contributed by atoms with Crippen molar-refractivity contribution in [2.45, 2.75) is 25.3 Å². The van der Waals surface area contributed by atoms with Gasteiger partial charge in [-0.15, -0.1) is 0 Å². The van der Waals surface area contributed by atoms with Crippen LogP contribution in [-0.4, -0.2) is 56.3 Å². The third-order valence-electron chi connectivity index (χ3n) is 5.67. The van der Waals surface area contributed by atoms with E-state index >= 15 is 0 Å². The molecule has 2 heterocycles. The number of likely N-dealkylation sites (tertiary alicyclic amines) is 1. The maximum absolute atomic E-state index is 13.2. The van der Waals surface area contributed by atoms with Gasteiger partial charge in [-0.25, -0.2) is 9.37 Å². The van der Waals surface area contributed by atoms with Crippen LogP contribution in [0.1, 0.15) is 19.3 Å². The molecule has 1 aromatic heterocycles. The minimum absolute atomic E-state index is 0.258. The number of nitrogens with zero attached hydrogens (tertiary/aromatic N) is 3. The average molecular weight is 430 g/mol. The molecule has 1 fully saturated rings. The normalized spacial score (nSPS) is 15.4. The minimum atomic E-state index is -0.258.